The molecule has 0 saturated heterocycles. The Kier molecular flexibility index (Phi) is 7.05. The summed E-state index contributed by atoms with van der Waals surface area (Å²) in [5, 5.41) is 13.8. The van der Waals surface area contributed by atoms with Crippen LogP contribution in [0.2, 0.25) is 0 Å². The Morgan fingerprint density at radius 1 is 1.03 bits per heavy atom. The van der Waals surface area contributed by atoms with Crippen molar-refractivity contribution < 1.29 is 33.0 Å². The number of halogens is 2. The van der Waals surface area contributed by atoms with Crippen LogP contribution in [0.3, 0.4) is 0 Å². The Morgan fingerprint density at radius 2 is 1.63 bits per heavy atom. The van der Waals surface area contributed by atoms with Gasteiger partial charge in [0, 0.05) is 25.4 Å². The van der Waals surface area contributed by atoms with Gasteiger partial charge in [0.25, 0.3) is 5.92 Å². The number of ether oxygens (including phenoxy) is 1. The third-order valence-corrected chi connectivity index (χ3v) is 6.79. The molecular weight excluding hydrogens is 458 g/mol. The molecule has 2 aliphatic rings. The number of alkyl halides is 2. The van der Waals surface area contributed by atoms with E-state index in [-0.39, 0.29) is 31.4 Å². The topological polar surface area (TPSA) is 105 Å². The molecular formula is C26H28F2N2O5. The van der Waals surface area contributed by atoms with Gasteiger partial charge in [-0.25, -0.2) is 13.6 Å². The van der Waals surface area contributed by atoms with E-state index >= 15 is 0 Å². The summed E-state index contributed by atoms with van der Waals surface area (Å²) in [7, 11) is 0. The quantitative estimate of drug-likeness (QED) is 0.471. The monoisotopic (exact) mass is 486 g/mol. The smallest absolute Gasteiger partial charge is 0.407 e. The zero-order valence-electron chi connectivity index (χ0n) is 19.3. The van der Waals surface area contributed by atoms with Crippen LogP contribution in [0.1, 0.15) is 36.8 Å². The Bertz CT molecular complexity index is 1080. The fourth-order valence-electron chi connectivity index (χ4n) is 4.68. The van der Waals surface area contributed by atoms with Gasteiger partial charge in [-0.2, -0.15) is 0 Å². The second kappa shape index (κ2) is 10.0. The third kappa shape index (κ3) is 5.28. The van der Waals surface area contributed by atoms with Gasteiger partial charge in [0.05, 0.1) is 5.92 Å². The van der Waals surface area contributed by atoms with Crippen LogP contribution in [-0.2, 0) is 14.3 Å². The van der Waals surface area contributed by atoms with Crippen molar-refractivity contribution in [3.63, 3.8) is 0 Å². The van der Waals surface area contributed by atoms with Gasteiger partial charge < -0.3 is 20.5 Å². The predicted octanol–water partition coefficient (Wildman–Crippen LogP) is 4.02. The first-order valence-corrected chi connectivity index (χ1v) is 11.7. The van der Waals surface area contributed by atoms with Crippen molar-refractivity contribution in [3.8, 4) is 11.1 Å². The molecule has 3 atom stereocenters. The lowest BCUT2D eigenvalue weighted by atomic mass is 9.98. The minimum Gasteiger partial charge on any atom is -0.481 e. The molecule has 186 valence electrons. The maximum atomic E-state index is 13.4. The molecule has 0 aliphatic heterocycles. The van der Waals surface area contributed by atoms with Crippen LogP contribution in [0.5, 0.6) is 0 Å². The Morgan fingerprint density at radius 3 is 2.20 bits per heavy atom. The molecule has 0 spiro atoms. The van der Waals surface area contributed by atoms with Crippen molar-refractivity contribution in [2.75, 3.05) is 19.7 Å². The summed E-state index contributed by atoms with van der Waals surface area (Å²) in [6, 6.07) is 16.1. The first-order valence-electron chi connectivity index (χ1n) is 11.7. The number of hydrogen-bond donors (Lipinski definition) is 3. The molecule has 0 aromatic heterocycles. The Balaban J connectivity index is 1.16. The van der Waals surface area contributed by atoms with E-state index in [0.717, 1.165) is 22.3 Å². The predicted molar refractivity (Wildman–Crippen MR) is 124 cm³/mol. The SMILES string of the molecule is CC(CCC(=O)NCC1C(C(=O)O)C1(F)F)CNC(=O)OCC1c2ccccc2-c2ccccc21. The highest BCUT2D eigenvalue weighted by Gasteiger charge is 2.72. The Labute approximate surface area is 201 Å². The standard InChI is InChI=1S/C26H28F2N2O5/c1-15(10-11-22(31)29-13-21-23(24(32)33)26(21,27)28)12-30-25(34)35-14-20-18-8-4-2-6-16(18)17-7-3-5-9-19(17)20/h2-9,15,20-21,23H,10-14H2,1H3,(H,29,31)(H,30,34)(H,32,33). The fourth-order valence-corrected chi connectivity index (χ4v) is 4.68. The molecule has 2 aromatic carbocycles. The van der Waals surface area contributed by atoms with Crippen LogP contribution in [0.25, 0.3) is 11.1 Å². The lowest BCUT2D eigenvalue weighted by Gasteiger charge is -2.16. The van der Waals surface area contributed by atoms with Gasteiger partial charge in [0.15, 0.2) is 0 Å². The number of carboxylic acid groups (broad SMARTS) is 1. The molecule has 0 heterocycles. The highest BCUT2D eigenvalue weighted by Crippen LogP contribution is 2.54. The average molecular weight is 487 g/mol. The van der Waals surface area contributed by atoms with E-state index in [4.69, 9.17) is 9.84 Å². The lowest BCUT2D eigenvalue weighted by Crippen LogP contribution is -2.31. The average Bonchev–Trinajstić information content (AvgIpc) is 3.25. The summed E-state index contributed by atoms with van der Waals surface area (Å²) < 4.78 is 32.2. The van der Waals surface area contributed by atoms with Gasteiger partial charge in [0.2, 0.25) is 5.91 Å². The van der Waals surface area contributed by atoms with Gasteiger partial charge in [-0.3, -0.25) is 9.59 Å². The van der Waals surface area contributed by atoms with E-state index in [1.165, 1.54) is 0 Å². The lowest BCUT2D eigenvalue weighted by molar-refractivity contribution is -0.141. The summed E-state index contributed by atoms with van der Waals surface area (Å²) in [6.07, 6.45) is -0.0264. The summed E-state index contributed by atoms with van der Waals surface area (Å²) in [5.74, 6) is -8.43. The number of carbonyl (C=O) groups excluding carboxylic acids is 2. The number of benzene rings is 2. The molecule has 2 amide bonds. The molecule has 7 nitrogen and oxygen atoms in total. The molecule has 35 heavy (non-hydrogen) atoms. The van der Waals surface area contributed by atoms with Crippen molar-refractivity contribution in [3.05, 3.63) is 59.7 Å². The molecule has 1 fully saturated rings. The summed E-state index contributed by atoms with van der Waals surface area (Å²) in [4.78, 5) is 35.0. The number of aliphatic carboxylic acids is 1. The highest BCUT2D eigenvalue weighted by atomic mass is 19.3. The van der Waals surface area contributed by atoms with Gasteiger partial charge in [-0.15, -0.1) is 0 Å². The van der Waals surface area contributed by atoms with E-state index in [2.05, 4.69) is 22.8 Å². The summed E-state index contributed by atoms with van der Waals surface area (Å²) in [5.41, 5.74) is 4.54. The zero-order chi connectivity index (χ0) is 25.2. The van der Waals surface area contributed by atoms with Crippen molar-refractivity contribution in [2.45, 2.75) is 31.6 Å². The van der Waals surface area contributed by atoms with Crippen molar-refractivity contribution in [2.24, 2.45) is 17.8 Å². The van der Waals surface area contributed by atoms with E-state index in [9.17, 15) is 23.2 Å². The number of amides is 2. The molecule has 2 aliphatic carbocycles. The van der Waals surface area contributed by atoms with E-state index < -0.39 is 35.7 Å². The zero-order valence-corrected chi connectivity index (χ0v) is 19.3. The van der Waals surface area contributed by atoms with Gasteiger partial charge >= 0.3 is 12.1 Å². The third-order valence-electron chi connectivity index (χ3n) is 6.79. The number of nitrogens with one attached hydrogen (secondary N) is 2. The number of alkyl carbamates (subject to hydrolysis) is 1. The maximum Gasteiger partial charge on any atom is 0.407 e. The maximum absolute atomic E-state index is 13.4. The molecule has 0 radical (unpaired) electrons. The first-order chi connectivity index (χ1) is 16.7. The minimum absolute atomic E-state index is 0.0335. The second-order valence-electron chi connectivity index (χ2n) is 9.25. The van der Waals surface area contributed by atoms with Crippen LogP contribution in [0.15, 0.2) is 48.5 Å². The first kappa shape index (κ1) is 24.6. The molecule has 0 bridgehead atoms. The van der Waals surface area contributed by atoms with E-state index in [1.807, 2.05) is 43.3 Å². The van der Waals surface area contributed by atoms with Crippen LogP contribution < -0.4 is 10.6 Å². The summed E-state index contributed by atoms with van der Waals surface area (Å²) in [6.45, 7) is 1.99. The van der Waals surface area contributed by atoms with Crippen LogP contribution in [0, 0.1) is 17.8 Å². The van der Waals surface area contributed by atoms with Gasteiger partial charge in [-0.05, 0) is 34.6 Å². The number of carboxylic acids is 1. The summed E-state index contributed by atoms with van der Waals surface area (Å²) >= 11 is 0. The molecule has 2 aromatic rings. The Hall–Kier alpha value is -3.49. The number of carbonyl (C=O) groups is 3. The minimum atomic E-state index is -3.28. The van der Waals surface area contributed by atoms with Crippen molar-refractivity contribution >= 4 is 18.0 Å². The molecule has 3 unspecified atom stereocenters. The van der Waals surface area contributed by atoms with E-state index in [1.54, 1.807) is 0 Å². The number of hydrogen-bond acceptors (Lipinski definition) is 4. The second-order valence-corrected chi connectivity index (χ2v) is 9.25. The fraction of sp³-hybridized carbons (Fsp3) is 0.423. The van der Waals surface area contributed by atoms with Crippen LogP contribution in [-0.4, -0.2) is 48.7 Å². The van der Waals surface area contributed by atoms with E-state index in [0.29, 0.717) is 13.0 Å². The van der Waals surface area contributed by atoms with Crippen molar-refractivity contribution in [1.82, 2.24) is 10.6 Å². The molecule has 4 rings (SSSR count). The van der Waals surface area contributed by atoms with Crippen molar-refractivity contribution in [1.29, 1.82) is 0 Å². The van der Waals surface area contributed by atoms with Crippen LogP contribution in [0.4, 0.5) is 13.6 Å². The highest BCUT2D eigenvalue weighted by molar-refractivity contribution is 5.79. The molecule has 1 saturated carbocycles. The number of rotatable bonds is 10. The normalized spacial score (nSPS) is 20.3. The largest absolute Gasteiger partial charge is 0.481 e. The van der Waals surface area contributed by atoms with Gasteiger partial charge in [-0.1, -0.05) is 55.5 Å². The van der Waals surface area contributed by atoms with Gasteiger partial charge in [0.1, 0.15) is 12.5 Å². The van der Waals surface area contributed by atoms with Crippen LogP contribution >= 0.6 is 0 Å². The molecule has 9 heteroatoms. The number of fused-ring (bicyclic) bond motifs is 3. The molecule has 3 N–H and O–H groups in total.